The zero-order valence-corrected chi connectivity index (χ0v) is 10.5. The van der Waals surface area contributed by atoms with Gasteiger partial charge < -0.3 is 10.2 Å². The van der Waals surface area contributed by atoms with E-state index in [9.17, 15) is 19.0 Å². The minimum absolute atomic E-state index is 0.170. The standard InChI is InChI=1S/C13H18F2O2/c1-7-5-6-8(10(15)9(7)14)11(16)12(17)13(2,3)4/h5-6,11-12,16-17H,1-4H3. The van der Waals surface area contributed by atoms with E-state index < -0.39 is 29.3 Å². The number of aryl methyl sites for hydroxylation is 1. The van der Waals surface area contributed by atoms with Crippen LogP contribution in [0.5, 0.6) is 0 Å². The summed E-state index contributed by atoms with van der Waals surface area (Å²) in [5, 5.41) is 19.7. The van der Waals surface area contributed by atoms with Crippen LogP contribution in [0.3, 0.4) is 0 Å². The number of hydrogen-bond acceptors (Lipinski definition) is 2. The lowest BCUT2D eigenvalue weighted by Crippen LogP contribution is -2.33. The zero-order chi connectivity index (χ0) is 13.4. The van der Waals surface area contributed by atoms with E-state index in [-0.39, 0.29) is 11.1 Å². The SMILES string of the molecule is Cc1ccc(C(O)C(O)C(C)(C)C)c(F)c1F. The first-order valence-electron chi connectivity index (χ1n) is 5.47. The molecule has 96 valence electrons. The van der Waals surface area contributed by atoms with Crippen LogP contribution in [0.25, 0.3) is 0 Å². The molecule has 0 aromatic heterocycles. The Morgan fingerprint density at radius 2 is 1.59 bits per heavy atom. The molecule has 2 nitrogen and oxygen atoms in total. The Hall–Kier alpha value is -1.00. The second-order valence-corrected chi connectivity index (χ2v) is 5.36. The molecule has 2 atom stereocenters. The van der Waals surface area contributed by atoms with Crippen LogP contribution in [0, 0.1) is 24.0 Å². The summed E-state index contributed by atoms with van der Waals surface area (Å²) in [6.07, 6.45) is -2.61. The summed E-state index contributed by atoms with van der Waals surface area (Å²) in [6.45, 7) is 6.57. The third kappa shape index (κ3) is 2.82. The minimum atomic E-state index is -1.44. The lowest BCUT2D eigenvalue weighted by atomic mass is 9.83. The molecule has 0 amide bonds. The molecule has 4 heteroatoms. The van der Waals surface area contributed by atoms with Crippen LogP contribution in [-0.2, 0) is 0 Å². The average Bonchev–Trinajstić information content (AvgIpc) is 2.23. The summed E-state index contributed by atoms with van der Waals surface area (Å²) < 4.78 is 27.0. The van der Waals surface area contributed by atoms with E-state index in [0.29, 0.717) is 0 Å². The summed E-state index contributed by atoms with van der Waals surface area (Å²) in [4.78, 5) is 0. The zero-order valence-electron chi connectivity index (χ0n) is 10.5. The van der Waals surface area contributed by atoms with Gasteiger partial charge in [0.05, 0.1) is 6.10 Å². The molecule has 0 heterocycles. The van der Waals surface area contributed by atoms with Crippen molar-refractivity contribution in [2.75, 3.05) is 0 Å². The van der Waals surface area contributed by atoms with E-state index in [1.54, 1.807) is 20.8 Å². The maximum atomic E-state index is 13.6. The minimum Gasteiger partial charge on any atom is -0.390 e. The lowest BCUT2D eigenvalue weighted by Gasteiger charge is -2.30. The first-order valence-corrected chi connectivity index (χ1v) is 5.47. The fraction of sp³-hybridized carbons (Fsp3) is 0.538. The van der Waals surface area contributed by atoms with E-state index in [4.69, 9.17) is 0 Å². The number of aliphatic hydroxyl groups is 2. The van der Waals surface area contributed by atoms with Crippen molar-refractivity contribution < 1.29 is 19.0 Å². The molecule has 1 aromatic carbocycles. The van der Waals surface area contributed by atoms with Crippen LogP contribution in [0.4, 0.5) is 8.78 Å². The Balaban J connectivity index is 3.14. The molecule has 2 N–H and O–H groups in total. The fourth-order valence-electron chi connectivity index (χ4n) is 1.53. The summed E-state index contributed by atoms with van der Waals surface area (Å²) >= 11 is 0. The fourth-order valence-corrected chi connectivity index (χ4v) is 1.53. The highest BCUT2D eigenvalue weighted by molar-refractivity contribution is 5.27. The van der Waals surface area contributed by atoms with Gasteiger partial charge in [-0.05, 0) is 17.9 Å². The van der Waals surface area contributed by atoms with Crippen LogP contribution >= 0.6 is 0 Å². The molecule has 0 bridgehead atoms. The Morgan fingerprint density at radius 3 is 2.06 bits per heavy atom. The largest absolute Gasteiger partial charge is 0.390 e. The monoisotopic (exact) mass is 244 g/mol. The van der Waals surface area contributed by atoms with Gasteiger partial charge in [-0.25, -0.2) is 8.78 Å². The Morgan fingerprint density at radius 1 is 1.06 bits per heavy atom. The van der Waals surface area contributed by atoms with E-state index in [0.717, 1.165) is 0 Å². The highest BCUT2D eigenvalue weighted by Crippen LogP contribution is 2.32. The maximum Gasteiger partial charge on any atom is 0.164 e. The summed E-state index contributed by atoms with van der Waals surface area (Å²) in [5.74, 6) is -2.08. The van der Waals surface area contributed by atoms with Crippen LogP contribution in [0.2, 0.25) is 0 Å². The Bertz CT molecular complexity index is 411. The Labute approximate surface area is 99.9 Å². The molecule has 17 heavy (non-hydrogen) atoms. The molecule has 0 saturated heterocycles. The van der Waals surface area contributed by atoms with Gasteiger partial charge in [-0.3, -0.25) is 0 Å². The molecule has 1 rings (SSSR count). The molecule has 2 unspecified atom stereocenters. The first-order chi connectivity index (χ1) is 7.66. The number of benzene rings is 1. The topological polar surface area (TPSA) is 40.5 Å². The van der Waals surface area contributed by atoms with Gasteiger partial charge in [-0.2, -0.15) is 0 Å². The molecular weight excluding hydrogens is 226 g/mol. The van der Waals surface area contributed by atoms with Gasteiger partial charge >= 0.3 is 0 Å². The van der Waals surface area contributed by atoms with E-state index in [2.05, 4.69) is 0 Å². The third-order valence-electron chi connectivity index (χ3n) is 2.81. The summed E-state index contributed by atoms with van der Waals surface area (Å²) in [7, 11) is 0. The molecule has 0 fully saturated rings. The van der Waals surface area contributed by atoms with Crippen LogP contribution < -0.4 is 0 Å². The van der Waals surface area contributed by atoms with Crippen LogP contribution in [-0.4, -0.2) is 16.3 Å². The van der Waals surface area contributed by atoms with Crippen LogP contribution in [0.1, 0.15) is 38.0 Å². The van der Waals surface area contributed by atoms with Crippen LogP contribution in [0.15, 0.2) is 12.1 Å². The molecule has 0 aliphatic carbocycles. The van der Waals surface area contributed by atoms with Gasteiger partial charge in [0.2, 0.25) is 0 Å². The lowest BCUT2D eigenvalue weighted by molar-refractivity contribution is -0.0474. The van der Waals surface area contributed by atoms with Gasteiger partial charge in [-0.1, -0.05) is 32.9 Å². The molecule has 0 radical (unpaired) electrons. The number of rotatable bonds is 2. The summed E-state index contributed by atoms with van der Waals surface area (Å²) in [5.41, 5.74) is -0.660. The molecular formula is C13H18F2O2. The second kappa shape index (κ2) is 4.70. The third-order valence-corrected chi connectivity index (χ3v) is 2.81. The van der Waals surface area contributed by atoms with Crippen molar-refractivity contribution in [2.24, 2.45) is 5.41 Å². The summed E-state index contributed by atoms with van der Waals surface area (Å²) in [6, 6.07) is 2.68. The average molecular weight is 244 g/mol. The van der Waals surface area contributed by atoms with Gasteiger partial charge in [-0.15, -0.1) is 0 Å². The van der Waals surface area contributed by atoms with Crippen molar-refractivity contribution in [3.05, 3.63) is 34.9 Å². The number of halogens is 2. The highest BCUT2D eigenvalue weighted by atomic mass is 19.2. The van der Waals surface area contributed by atoms with Gasteiger partial charge in [0.15, 0.2) is 11.6 Å². The van der Waals surface area contributed by atoms with Crippen molar-refractivity contribution in [2.45, 2.75) is 39.9 Å². The molecule has 0 aliphatic rings. The molecule has 0 aliphatic heterocycles. The van der Waals surface area contributed by atoms with Gasteiger partial charge in [0.25, 0.3) is 0 Å². The molecule has 0 saturated carbocycles. The Kier molecular flexibility index (Phi) is 3.89. The van der Waals surface area contributed by atoms with Crippen molar-refractivity contribution in [1.29, 1.82) is 0 Å². The van der Waals surface area contributed by atoms with E-state index in [1.165, 1.54) is 19.1 Å². The molecule has 1 aromatic rings. The van der Waals surface area contributed by atoms with Crippen molar-refractivity contribution in [3.8, 4) is 0 Å². The first kappa shape index (κ1) is 14.1. The quantitative estimate of drug-likeness (QED) is 0.839. The van der Waals surface area contributed by atoms with Crippen molar-refractivity contribution in [3.63, 3.8) is 0 Å². The highest BCUT2D eigenvalue weighted by Gasteiger charge is 2.32. The van der Waals surface area contributed by atoms with E-state index >= 15 is 0 Å². The van der Waals surface area contributed by atoms with E-state index in [1.807, 2.05) is 0 Å². The molecule has 0 spiro atoms. The van der Waals surface area contributed by atoms with Gasteiger partial charge in [0.1, 0.15) is 6.10 Å². The van der Waals surface area contributed by atoms with Gasteiger partial charge in [0, 0.05) is 5.56 Å². The maximum absolute atomic E-state index is 13.6. The predicted molar refractivity (Wildman–Crippen MR) is 61.5 cm³/mol. The number of hydrogen-bond donors (Lipinski definition) is 2. The second-order valence-electron chi connectivity index (χ2n) is 5.36. The predicted octanol–water partition coefficient (Wildman–Crippen LogP) is 2.71. The smallest absolute Gasteiger partial charge is 0.164 e. The normalized spacial score (nSPS) is 15.8. The van der Waals surface area contributed by atoms with Crippen molar-refractivity contribution in [1.82, 2.24) is 0 Å². The number of aliphatic hydroxyl groups excluding tert-OH is 2. The van der Waals surface area contributed by atoms with Crippen molar-refractivity contribution >= 4 is 0 Å².